The number of carbonyl (C=O) groups excluding carboxylic acids is 1. The molecule has 0 aliphatic carbocycles. The van der Waals surface area contributed by atoms with Crippen molar-refractivity contribution < 1.29 is 14.3 Å². The largest absolute Gasteiger partial charge is 0.490 e. The number of aromatic nitrogens is 2. The summed E-state index contributed by atoms with van der Waals surface area (Å²) in [5.74, 6) is 0.182. The molecule has 3 aromatic rings. The van der Waals surface area contributed by atoms with Gasteiger partial charge in [0.05, 0.1) is 28.5 Å². The van der Waals surface area contributed by atoms with Crippen LogP contribution in [0.1, 0.15) is 31.0 Å². The topological polar surface area (TPSA) is 82.8 Å². The van der Waals surface area contributed by atoms with Crippen molar-refractivity contribution in [1.82, 2.24) is 9.55 Å². The van der Waals surface area contributed by atoms with Crippen molar-refractivity contribution in [1.29, 1.82) is 0 Å². The van der Waals surface area contributed by atoms with Crippen LogP contribution in [0.5, 0.6) is 5.75 Å². The number of benzene rings is 1. The highest BCUT2D eigenvalue weighted by molar-refractivity contribution is 7.07. The van der Waals surface area contributed by atoms with Crippen LogP contribution in [0.15, 0.2) is 82.5 Å². The molecule has 168 valence electrons. The van der Waals surface area contributed by atoms with E-state index >= 15 is 0 Å². The number of hydrogen-bond donors (Lipinski definition) is 0. The van der Waals surface area contributed by atoms with Crippen LogP contribution in [0, 0.1) is 0 Å². The lowest BCUT2D eigenvalue weighted by atomic mass is 9.96. The van der Waals surface area contributed by atoms with Crippen molar-refractivity contribution in [2.45, 2.75) is 19.9 Å². The molecule has 0 unspecified atom stereocenters. The van der Waals surface area contributed by atoms with Crippen LogP contribution in [0.25, 0.3) is 6.08 Å². The van der Waals surface area contributed by atoms with Crippen LogP contribution < -0.4 is 19.6 Å². The number of esters is 1. The molecule has 0 saturated heterocycles. The number of allylic oxidation sites excluding steroid dienone is 1. The first-order valence-electron chi connectivity index (χ1n) is 10.5. The molecule has 0 spiro atoms. The Morgan fingerprint density at radius 2 is 1.94 bits per heavy atom. The molecule has 0 bridgehead atoms. The van der Waals surface area contributed by atoms with Crippen molar-refractivity contribution in [3.63, 3.8) is 0 Å². The van der Waals surface area contributed by atoms with E-state index in [9.17, 15) is 9.59 Å². The third kappa shape index (κ3) is 4.56. The van der Waals surface area contributed by atoms with E-state index < -0.39 is 12.0 Å². The van der Waals surface area contributed by atoms with Crippen molar-refractivity contribution in [2.75, 3.05) is 13.2 Å². The fourth-order valence-electron chi connectivity index (χ4n) is 3.62. The second kappa shape index (κ2) is 9.79. The SMILES string of the molecule is C=CCOc1ccc([C@H]2C(C(=O)OCC)=C(C)N=c3s/c(=C\c4ccncc4)c(=O)n32)cc1. The molecule has 2 aromatic heterocycles. The molecule has 1 aliphatic heterocycles. The highest BCUT2D eigenvalue weighted by atomic mass is 32.1. The van der Waals surface area contributed by atoms with Gasteiger partial charge in [0.2, 0.25) is 0 Å². The van der Waals surface area contributed by atoms with Crippen LogP contribution in [-0.2, 0) is 9.53 Å². The molecular weight excluding hydrogens is 438 g/mol. The van der Waals surface area contributed by atoms with E-state index in [1.54, 1.807) is 43.0 Å². The van der Waals surface area contributed by atoms with E-state index in [-0.39, 0.29) is 12.2 Å². The molecule has 0 saturated carbocycles. The number of ether oxygens (including phenoxy) is 2. The molecule has 1 aromatic carbocycles. The van der Waals surface area contributed by atoms with Gasteiger partial charge < -0.3 is 9.47 Å². The van der Waals surface area contributed by atoms with Gasteiger partial charge in [-0.05, 0) is 55.3 Å². The molecule has 7 nitrogen and oxygen atoms in total. The third-order valence-corrected chi connectivity index (χ3v) is 6.07. The van der Waals surface area contributed by atoms with Crippen molar-refractivity contribution in [3.8, 4) is 5.75 Å². The highest BCUT2D eigenvalue weighted by Gasteiger charge is 2.33. The maximum atomic E-state index is 13.5. The van der Waals surface area contributed by atoms with Crippen LogP contribution in [-0.4, -0.2) is 28.7 Å². The first-order valence-corrected chi connectivity index (χ1v) is 11.3. The number of thiazole rings is 1. The van der Waals surface area contributed by atoms with E-state index in [2.05, 4.69) is 16.6 Å². The Hall–Kier alpha value is -3.78. The molecule has 0 fully saturated rings. The smallest absolute Gasteiger partial charge is 0.338 e. The third-order valence-electron chi connectivity index (χ3n) is 5.08. The number of nitrogens with zero attached hydrogens (tertiary/aromatic N) is 3. The van der Waals surface area contributed by atoms with Gasteiger partial charge in [0.25, 0.3) is 5.56 Å². The van der Waals surface area contributed by atoms with Crippen LogP contribution in [0.3, 0.4) is 0 Å². The lowest BCUT2D eigenvalue weighted by Crippen LogP contribution is -2.39. The Kier molecular flexibility index (Phi) is 6.65. The average molecular weight is 462 g/mol. The molecule has 0 N–H and O–H groups in total. The van der Waals surface area contributed by atoms with Gasteiger partial charge in [-0.3, -0.25) is 14.3 Å². The van der Waals surface area contributed by atoms with Gasteiger partial charge in [-0.25, -0.2) is 9.79 Å². The number of pyridine rings is 1. The molecule has 33 heavy (non-hydrogen) atoms. The second-order valence-electron chi connectivity index (χ2n) is 7.25. The standard InChI is InChI=1S/C25H23N3O4S/c1-4-14-32-19-8-6-18(7-9-19)22-21(24(30)31-5-2)16(3)27-25-28(22)23(29)20(33-25)15-17-10-12-26-13-11-17/h4,6-13,15,22H,1,5,14H2,2-3H3/b20-15-/t22-/m0/s1. The minimum Gasteiger partial charge on any atom is -0.490 e. The minimum absolute atomic E-state index is 0.221. The molecule has 0 radical (unpaired) electrons. The number of hydrogen-bond acceptors (Lipinski definition) is 7. The lowest BCUT2D eigenvalue weighted by molar-refractivity contribution is -0.139. The van der Waals surface area contributed by atoms with E-state index in [1.807, 2.05) is 36.4 Å². The van der Waals surface area contributed by atoms with Crippen molar-refractivity contribution in [2.24, 2.45) is 4.99 Å². The van der Waals surface area contributed by atoms with Gasteiger partial charge in [0, 0.05) is 12.4 Å². The lowest BCUT2D eigenvalue weighted by Gasteiger charge is -2.24. The monoisotopic (exact) mass is 461 g/mol. The van der Waals surface area contributed by atoms with E-state index in [4.69, 9.17) is 9.47 Å². The Labute approximate surface area is 194 Å². The summed E-state index contributed by atoms with van der Waals surface area (Å²) in [6.45, 7) is 7.78. The van der Waals surface area contributed by atoms with Gasteiger partial charge in [-0.2, -0.15) is 0 Å². The minimum atomic E-state index is -0.659. The summed E-state index contributed by atoms with van der Waals surface area (Å²) in [7, 11) is 0. The first kappa shape index (κ1) is 22.4. The van der Waals surface area contributed by atoms with Gasteiger partial charge in [-0.1, -0.05) is 36.1 Å². The Morgan fingerprint density at radius 1 is 1.21 bits per heavy atom. The summed E-state index contributed by atoms with van der Waals surface area (Å²) in [6, 6.07) is 10.3. The van der Waals surface area contributed by atoms with E-state index in [0.29, 0.717) is 33.0 Å². The fraction of sp³-hybridized carbons (Fsp3) is 0.200. The first-order chi connectivity index (χ1) is 16.0. The Bertz CT molecular complexity index is 1390. The zero-order chi connectivity index (χ0) is 23.4. The van der Waals surface area contributed by atoms with E-state index in [0.717, 1.165) is 11.1 Å². The van der Waals surface area contributed by atoms with E-state index in [1.165, 1.54) is 11.3 Å². The molecule has 8 heteroatoms. The Balaban J connectivity index is 1.89. The Morgan fingerprint density at radius 3 is 2.61 bits per heavy atom. The summed E-state index contributed by atoms with van der Waals surface area (Å²) >= 11 is 1.29. The van der Waals surface area contributed by atoms with Crippen LogP contribution >= 0.6 is 11.3 Å². The maximum absolute atomic E-state index is 13.5. The van der Waals surface area contributed by atoms with Crippen LogP contribution in [0.2, 0.25) is 0 Å². The quantitative estimate of drug-likeness (QED) is 0.399. The highest BCUT2D eigenvalue weighted by Crippen LogP contribution is 2.31. The van der Waals surface area contributed by atoms with Crippen molar-refractivity contribution >= 4 is 23.4 Å². The van der Waals surface area contributed by atoms with Crippen LogP contribution in [0.4, 0.5) is 0 Å². The fourth-order valence-corrected chi connectivity index (χ4v) is 4.67. The number of rotatable bonds is 7. The maximum Gasteiger partial charge on any atom is 0.338 e. The summed E-state index contributed by atoms with van der Waals surface area (Å²) in [5, 5.41) is 0. The average Bonchev–Trinajstić information content (AvgIpc) is 3.12. The zero-order valence-electron chi connectivity index (χ0n) is 18.4. The number of fused-ring (bicyclic) bond motifs is 1. The van der Waals surface area contributed by atoms with Gasteiger partial charge >= 0.3 is 5.97 Å². The predicted octanol–water partition coefficient (Wildman–Crippen LogP) is 2.76. The molecular formula is C25H23N3O4S. The summed E-state index contributed by atoms with van der Waals surface area (Å²) < 4.78 is 13.0. The second-order valence-corrected chi connectivity index (χ2v) is 8.26. The van der Waals surface area contributed by atoms with Gasteiger partial charge in [0.1, 0.15) is 12.4 Å². The molecule has 1 aliphatic rings. The molecule has 4 rings (SSSR count). The number of carbonyl (C=O) groups is 1. The molecule has 3 heterocycles. The zero-order valence-corrected chi connectivity index (χ0v) is 19.2. The summed E-state index contributed by atoms with van der Waals surface area (Å²) in [5.41, 5.74) is 2.27. The predicted molar refractivity (Wildman–Crippen MR) is 127 cm³/mol. The van der Waals surface area contributed by atoms with Gasteiger partial charge in [0.15, 0.2) is 4.80 Å². The summed E-state index contributed by atoms with van der Waals surface area (Å²) in [6.07, 6.45) is 6.81. The van der Waals surface area contributed by atoms with Crippen molar-refractivity contribution in [3.05, 3.63) is 104 Å². The normalized spacial score (nSPS) is 15.6. The molecule has 0 amide bonds. The van der Waals surface area contributed by atoms with Gasteiger partial charge in [-0.15, -0.1) is 0 Å². The molecule has 1 atom stereocenters. The summed E-state index contributed by atoms with van der Waals surface area (Å²) in [4.78, 5) is 35.5.